The molecular formula is C17H21NO5. The van der Waals surface area contributed by atoms with Crippen LogP contribution in [0.2, 0.25) is 0 Å². The number of amides is 1. The van der Waals surface area contributed by atoms with Crippen LogP contribution < -0.4 is 4.74 Å². The molecule has 6 nitrogen and oxygen atoms in total. The molecule has 3 rings (SSSR count). The van der Waals surface area contributed by atoms with Gasteiger partial charge in [0.1, 0.15) is 5.75 Å². The second kappa shape index (κ2) is 7.00. The zero-order valence-electron chi connectivity index (χ0n) is 12.9. The Bertz CT molecular complexity index is 555. The maximum atomic E-state index is 12.0. The van der Waals surface area contributed by atoms with Gasteiger partial charge < -0.3 is 19.5 Å². The monoisotopic (exact) mass is 319 g/mol. The van der Waals surface area contributed by atoms with Crippen molar-refractivity contribution in [1.82, 2.24) is 4.90 Å². The Kier molecular flexibility index (Phi) is 4.81. The lowest BCUT2D eigenvalue weighted by Gasteiger charge is -2.39. The molecule has 2 unspecified atom stereocenters. The lowest BCUT2D eigenvalue weighted by molar-refractivity contribution is -0.149. The third-order valence-corrected chi connectivity index (χ3v) is 4.24. The Hall–Kier alpha value is -2.08. The summed E-state index contributed by atoms with van der Waals surface area (Å²) in [6.45, 7) is 2.34. The molecule has 1 heterocycles. The maximum absolute atomic E-state index is 12.0. The maximum Gasteiger partial charge on any atom is 0.307 e. The third kappa shape index (κ3) is 4.01. The molecule has 124 valence electrons. The molecule has 1 saturated carbocycles. The molecule has 2 fully saturated rings. The van der Waals surface area contributed by atoms with Gasteiger partial charge in [-0.1, -0.05) is 18.2 Å². The van der Waals surface area contributed by atoms with Crippen LogP contribution in [0.5, 0.6) is 5.75 Å². The van der Waals surface area contributed by atoms with Gasteiger partial charge in [0, 0.05) is 19.5 Å². The van der Waals surface area contributed by atoms with E-state index in [1.807, 2.05) is 30.3 Å². The summed E-state index contributed by atoms with van der Waals surface area (Å²) in [6.07, 6.45) is 1.34. The smallest absolute Gasteiger partial charge is 0.307 e. The van der Waals surface area contributed by atoms with Gasteiger partial charge in [-0.3, -0.25) is 9.59 Å². The molecular weight excluding hydrogens is 298 g/mol. The summed E-state index contributed by atoms with van der Waals surface area (Å²) in [4.78, 5) is 24.4. The number of ether oxygens (including phenoxy) is 2. The summed E-state index contributed by atoms with van der Waals surface area (Å²) in [7, 11) is 0. The first-order valence-corrected chi connectivity index (χ1v) is 7.96. The number of para-hydroxylation sites is 1. The van der Waals surface area contributed by atoms with Gasteiger partial charge in [0.05, 0.1) is 31.2 Å². The van der Waals surface area contributed by atoms with Gasteiger partial charge in [-0.15, -0.1) is 0 Å². The predicted octanol–water partition coefficient (Wildman–Crippen LogP) is 1.40. The minimum atomic E-state index is -0.866. The molecule has 1 amide bonds. The van der Waals surface area contributed by atoms with Crippen LogP contribution in [0.15, 0.2) is 30.3 Å². The molecule has 0 spiro atoms. The van der Waals surface area contributed by atoms with Gasteiger partial charge in [0.2, 0.25) is 5.91 Å². The van der Waals surface area contributed by atoms with Crippen molar-refractivity contribution in [2.24, 2.45) is 11.8 Å². The number of carbonyl (C=O) groups is 2. The average Bonchev–Trinajstić information content (AvgIpc) is 3.30. The van der Waals surface area contributed by atoms with Crippen LogP contribution in [-0.2, 0) is 14.3 Å². The topological polar surface area (TPSA) is 76.1 Å². The van der Waals surface area contributed by atoms with E-state index in [2.05, 4.69) is 0 Å². The quantitative estimate of drug-likeness (QED) is 0.733. The Morgan fingerprint density at radius 1 is 1.13 bits per heavy atom. The van der Waals surface area contributed by atoms with E-state index < -0.39 is 11.9 Å². The SMILES string of the molecule is O=C(O)C1CC1C(=O)N1CC(OCCCOc2ccccc2)C1. The third-order valence-electron chi connectivity index (χ3n) is 4.24. The number of likely N-dealkylation sites (tertiary alicyclic amines) is 1. The van der Waals surface area contributed by atoms with Gasteiger partial charge in [0.15, 0.2) is 0 Å². The van der Waals surface area contributed by atoms with E-state index in [9.17, 15) is 9.59 Å². The van der Waals surface area contributed by atoms with Crippen molar-refractivity contribution in [2.75, 3.05) is 26.3 Å². The number of carboxylic acid groups (broad SMARTS) is 1. The second-order valence-corrected chi connectivity index (χ2v) is 6.04. The van der Waals surface area contributed by atoms with Gasteiger partial charge in [-0.05, 0) is 18.6 Å². The van der Waals surface area contributed by atoms with Crippen molar-refractivity contribution in [3.63, 3.8) is 0 Å². The van der Waals surface area contributed by atoms with Crippen molar-refractivity contribution < 1.29 is 24.2 Å². The van der Waals surface area contributed by atoms with Gasteiger partial charge in [0.25, 0.3) is 0 Å². The Morgan fingerprint density at radius 3 is 2.52 bits per heavy atom. The van der Waals surface area contributed by atoms with Crippen LogP contribution in [0.1, 0.15) is 12.8 Å². The molecule has 1 saturated heterocycles. The summed E-state index contributed by atoms with van der Waals surface area (Å²) < 4.78 is 11.3. The van der Waals surface area contributed by atoms with Crippen molar-refractivity contribution in [2.45, 2.75) is 18.9 Å². The van der Waals surface area contributed by atoms with Crippen molar-refractivity contribution >= 4 is 11.9 Å². The molecule has 2 atom stereocenters. The Morgan fingerprint density at radius 2 is 1.87 bits per heavy atom. The van der Waals surface area contributed by atoms with Crippen LogP contribution >= 0.6 is 0 Å². The number of aliphatic carboxylic acids is 1. The van der Waals surface area contributed by atoms with Crippen molar-refractivity contribution in [1.29, 1.82) is 0 Å². The van der Waals surface area contributed by atoms with E-state index in [1.54, 1.807) is 4.90 Å². The highest BCUT2D eigenvalue weighted by molar-refractivity contribution is 5.89. The lowest BCUT2D eigenvalue weighted by Crippen LogP contribution is -2.55. The summed E-state index contributed by atoms with van der Waals surface area (Å²) in [5.74, 6) is -0.838. The first-order chi connectivity index (χ1) is 11.1. The molecule has 2 aliphatic rings. The van der Waals surface area contributed by atoms with Crippen LogP contribution in [0.3, 0.4) is 0 Å². The predicted molar refractivity (Wildman–Crippen MR) is 82.1 cm³/mol. The fourth-order valence-electron chi connectivity index (χ4n) is 2.71. The standard InChI is InChI=1S/C17H21NO5/c19-16(14-9-15(14)17(20)21)18-10-13(11-18)23-8-4-7-22-12-5-2-1-3-6-12/h1-3,5-6,13-15H,4,7-11H2,(H,20,21). The number of nitrogens with zero attached hydrogens (tertiary/aromatic N) is 1. The van der Waals surface area contributed by atoms with Crippen molar-refractivity contribution in [3.8, 4) is 5.75 Å². The number of rotatable bonds is 8. The van der Waals surface area contributed by atoms with Crippen LogP contribution in [0.4, 0.5) is 0 Å². The molecule has 0 bridgehead atoms. The van der Waals surface area contributed by atoms with E-state index >= 15 is 0 Å². The zero-order chi connectivity index (χ0) is 16.2. The Labute approximate surface area is 135 Å². The van der Waals surface area contributed by atoms with E-state index in [4.69, 9.17) is 14.6 Å². The van der Waals surface area contributed by atoms with Crippen LogP contribution in [0.25, 0.3) is 0 Å². The molecule has 23 heavy (non-hydrogen) atoms. The van der Waals surface area contributed by atoms with Gasteiger partial charge >= 0.3 is 5.97 Å². The van der Waals surface area contributed by atoms with Crippen LogP contribution in [-0.4, -0.2) is 54.3 Å². The van der Waals surface area contributed by atoms with Crippen LogP contribution in [0, 0.1) is 11.8 Å². The molecule has 0 radical (unpaired) electrons. The molecule has 0 aromatic heterocycles. The highest BCUT2D eigenvalue weighted by atomic mass is 16.5. The number of benzene rings is 1. The van der Waals surface area contributed by atoms with Crippen molar-refractivity contribution in [3.05, 3.63) is 30.3 Å². The first kappa shape index (κ1) is 15.8. The summed E-state index contributed by atoms with van der Waals surface area (Å²) in [5.41, 5.74) is 0. The lowest BCUT2D eigenvalue weighted by atomic mass is 10.1. The molecule has 1 aromatic carbocycles. The fraction of sp³-hybridized carbons (Fsp3) is 0.529. The summed E-state index contributed by atoms with van der Waals surface area (Å²) >= 11 is 0. The zero-order valence-corrected chi connectivity index (χ0v) is 12.9. The highest BCUT2D eigenvalue weighted by Gasteiger charge is 2.51. The largest absolute Gasteiger partial charge is 0.494 e. The number of hydrogen-bond donors (Lipinski definition) is 1. The van der Waals surface area contributed by atoms with E-state index in [-0.39, 0.29) is 17.9 Å². The Balaban J connectivity index is 1.24. The number of carbonyl (C=O) groups excluding carboxylic acids is 1. The molecule has 1 aliphatic heterocycles. The fourth-order valence-corrected chi connectivity index (χ4v) is 2.71. The minimum Gasteiger partial charge on any atom is -0.494 e. The highest BCUT2D eigenvalue weighted by Crippen LogP contribution is 2.40. The summed E-state index contributed by atoms with van der Waals surface area (Å²) in [5, 5.41) is 8.84. The van der Waals surface area contributed by atoms with E-state index in [0.717, 1.165) is 12.2 Å². The second-order valence-electron chi connectivity index (χ2n) is 6.04. The molecule has 1 N–H and O–H groups in total. The number of carboxylic acids is 1. The normalized spacial score (nSPS) is 23.2. The molecule has 1 aromatic rings. The average molecular weight is 319 g/mol. The summed E-state index contributed by atoms with van der Waals surface area (Å²) in [6, 6.07) is 9.64. The molecule has 6 heteroatoms. The van der Waals surface area contributed by atoms with E-state index in [0.29, 0.717) is 32.7 Å². The van der Waals surface area contributed by atoms with Gasteiger partial charge in [-0.2, -0.15) is 0 Å². The number of hydrogen-bond acceptors (Lipinski definition) is 4. The minimum absolute atomic E-state index is 0.0374. The molecule has 1 aliphatic carbocycles. The first-order valence-electron chi connectivity index (χ1n) is 7.96. The van der Waals surface area contributed by atoms with Gasteiger partial charge in [-0.25, -0.2) is 0 Å². The van der Waals surface area contributed by atoms with E-state index in [1.165, 1.54) is 0 Å².